The molecule has 112 valence electrons. The summed E-state index contributed by atoms with van der Waals surface area (Å²) in [6.45, 7) is 4.53. The topological polar surface area (TPSA) is 72.6 Å². The quantitative estimate of drug-likeness (QED) is 0.916. The number of ether oxygens (including phenoxy) is 1. The van der Waals surface area contributed by atoms with E-state index in [0.717, 1.165) is 12.8 Å². The predicted molar refractivity (Wildman–Crippen MR) is 78.4 cm³/mol. The van der Waals surface area contributed by atoms with Gasteiger partial charge in [0.05, 0.1) is 12.0 Å². The van der Waals surface area contributed by atoms with Gasteiger partial charge in [0.15, 0.2) is 0 Å². The molecule has 1 saturated heterocycles. The zero-order chi connectivity index (χ0) is 14.9. The van der Waals surface area contributed by atoms with Crippen LogP contribution in [0.2, 0.25) is 0 Å². The third-order valence-corrected chi connectivity index (χ3v) is 5.86. The lowest BCUT2D eigenvalue weighted by atomic mass is 10.1. The molecule has 1 aliphatic rings. The average Bonchev–Trinajstić information content (AvgIpc) is 2.37. The van der Waals surface area contributed by atoms with Crippen molar-refractivity contribution >= 4 is 10.0 Å². The van der Waals surface area contributed by atoms with Crippen LogP contribution in [0, 0.1) is 13.8 Å². The number of hydrogen-bond donors (Lipinski definition) is 1. The Morgan fingerprint density at radius 2 is 1.90 bits per heavy atom. The van der Waals surface area contributed by atoms with E-state index in [1.165, 1.54) is 4.31 Å². The van der Waals surface area contributed by atoms with Crippen LogP contribution in [0.4, 0.5) is 0 Å². The van der Waals surface area contributed by atoms with E-state index in [2.05, 4.69) is 0 Å². The highest BCUT2D eigenvalue weighted by molar-refractivity contribution is 7.89. The number of piperidine rings is 1. The Kier molecular flexibility index (Phi) is 4.36. The number of benzene rings is 1. The van der Waals surface area contributed by atoms with E-state index in [1.54, 1.807) is 33.1 Å². The summed E-state index contributed by atoms with van der Waals surface area (Å²) in [5.74, 6) is 0.675. The normalized spacial score (nSPS) is 20.9. The van der Waals surface area contributed by atoms with Crippen molar-refractivity contribution in [1.29, 1.82) is 0 Å². The molecule has 6 heteroatoms. The monoisotopic (exact) mass is 298 g/mol. The highest BCUT2D eigenvalue weighted by Crippen LogP contribution is 2.29. The number of sulfonamides is 1. The number of aryl methyl sites for hydroxylation is 2. The van der Waals surface area contributed by atoms with E-state index in [1.807, 2.05) is 0 Å². The lowest BCUT2D eigenvalue weighted by molar-refractivity contribution is 0.316. The van der Waals surface area contributed by atoms with Gasteiger partial charge in [-0.2, -0.15) is 4.31 Å². The van der Waals surface area contributed by atoms with Gasteiger partial charge < -0.3 is 10.5 Å². The van der Waals surface area contributed by atoms with Gasteiger partial charge in [-0.25, -0.2) is 8.42 Å². The molecular weight excluding hydrogens is 276 g/mol. The highest BCUT2D eigenvalue weighted by Gasteiger charge is 2.31. The Bertz CT molecular complexity index is 575. The fourth-order valence-corrected chi connectivity index (χ4v) is 4.70. The largest absolute Gasteiger partial charge is 0.497 e. The molecule has 0 spiro atoms. The molecule has 2 rings (SSSR count). The van der Waals surface area contributed by atoms with Gasteiger partial charge in [0.1, 0.15) is 5.75 Å². The minimum atomic E-state index is -3.48. The molecule has 0 aliphatic carbocycles. The number of nitrogens with zero attached hydrogens (tertiary/aromatic N) is 1. The smallest absolute Gasteiger partial charge is 0.243 e. The third-order valence-electron chi connectivity index (χ3n) is 3.69. The van der Waals surface area contributed by atoms with E-state index in [4.69, 9.17) is 10.5 Å². The zero-order valence-corrected chi connectivity index (χ0v) is 13.0. The van der Waals surface area contributed by atoms with Gasteiger partial charge in [-0.1, -0.05) is 0 Å². The highest BCUT2D eigenvalue weighted by atomic mass is 32.2. The van der Waals surface area contributed by atoms with Crippen LogP contribution in [0.3, 0.4) is 0 Å². The second-order valence-electron chi connectivity index (χ2n) is 5.36. The molecule has 0 saturated carbocycles. The summed E-state index contributed by atoms with van der Waals surface area (Å²) in [6.07, 6.45) is 1.70. The van der Waals surface area contributed by atoms with E-state index >= 15 is 0 Å². The van der Waals surface area contributed by atoms with Crippen LogP contribution in [-0.2, 0) is 10.0 Å². The molecule has 1 fully saturated rings. The second-order valence-corrected chi connectivity index (χ2v) is 7.23. The summed E-state index contributed by atoms with van der Waals surface area (Å²) >= 11 is 0. The molecule has 1 heterocycles. The van der Waals surface area contributed by atoms with Gasteiger partial charge in [-0.05, 0) is 49.9 Å². The first-order valence-corrected chi connectivity index (χ1v) is 8.21. The van der Waals surface area contributed by atoms with Crippen molar-refractivity contribution in [2.75, 3.05) is 20.2 Å². The lowest BCUT2D eigenvalue weighted by Crippen LogP contribution is -2.45. The van der Waals surface area contributed by atoms with Crippen molar-refractivity contribution in [3.63, 3.8) is 0 Å². The summed E-state index contributed by atoms with van der Waals surface area (Å²) in [5.41, 5.74) is 7.31. The first-order chi connectivity index (χ1) is 9.36. The minimum Gasteiger partial charge on any atom is -0.497 e. The summed E-state index contributed by atoms with van der Waals surface area (Å²) < 4.78 is 32.3. The molecule has 1 unspecified atom stereocenters. The number of rotatable bonds is 3. The Morgan fingerprint density at radius 3 is 2.40 bits per heavy atom. The van der Waals surface area contributed by atoms with Crippen LogP contribution in [0.5, 0.6) is 5.75 Å². The molecule has 1 aromatic carbocycles. The summed E-state index contributed by atoms with van der Waals surface area (Å²) in [4.78, 5) is 0.382. The predicted octanol–water partition coefficient (Wildman–Crippen LogP) is 1.42. The van der Waals surface area contributed by atoms with Gasteiger partial charge in [-0.3, -0.25) is 0 Å². The van der Waals surface area contributed by atoms with Crippen LogP contribution in [0.25, 0.3) is 0 Å². The van der Waals surface area contributed by atoms with Crippen molar-refractivity contribution < 1.29 is 13.2 Å². The number of hydrogen-bond acceptors (Lipinski definition) is 4. The van der Waals surface area contributed by atoms with Crippen molar-refractivity contribution in [2.24, 2.45) is 5.73 Å². The van der Waals surface area contributed by atoms with Crippen LogP contribution < -0.4 is 10.5 Å². The molecule has 0 amide bonds. The first kappa shape index (κ1) is 15.3. The minimum absolute atomic E-state index is 0.0719. The molecule has 0 radical (unpaired) electrons. The van der Waals surface area contributed by atoms with Crippen LogP contribution in [0.15, 0.2) is 17.0 Å². The van der Waals surface area contributed by atoms with Gasteiger partial charge in [0, 0.05) is 19.1 Å². The summed E-state index contributed by atoms with van der Waals surface area (Å²) in [5, 5.41) is 0. The molecular formula is C14H22N2O3S. The fourth-order valence-electron chi connectivity index (χ4n) is 2.76. The Balaban J connectivity index is 2.44. The molecule has 2 N–H and O–H groups in total. The van der Waals surface area contributed by atoms with Crippen LogP contribution in [0.1, 0.15) is 24.0 Å². The third kappa shape index (κ3) is 2.82. The molecule has 20 heavy (non-hydrogen) atoms. The van der Waals surface area contributed by atoms with Crippen LogP contribution in [-0.4, -0.2) is 39.0 Å². The van der Waals surface area contributed by atoms with Crippen molar-refractivity contribution in [1.82, 2.24) is 4.31 Å². The Hall–Kier alpha value is -1.11. The Labute approximate surface area is 120 Å². The zero-order valence-electron chi connectivity index (χ0n) is 12.2. The van der Waals surface area contributed by atoms with E-state index in [0.29, 0.717) is 34.9 Å². The SMILES string of the molecule is COc1cc(C)c(S(=O)(=O)N2CCCC(N)C2)c(C)c1. The van der Waals surface area contributed by atoms with Crippen molar-refractivity contribution in [3.8, 4) is 5.75 Å². The van der Waals surface area contributed by atoms with Gasteiger partial charge >= 0.3 is 0 Å². The first-order valence-electron chi connectivity index (χ1n) is 6.77. The molecule has 1 atom stereocenters. The van der Waals surface area contributed by atoms with Crippen molar-refractivity contribution in [2.45, 2.75) is 37.6 Å². The van der Waals surface area contributed by atoms with E-state index in [9.17, 15) is 8.42 Å². The average molecular weight is 298 g/mol. The maximum atomic E-state index is 12.8. The van der Waals surface area contributed by atoms with Gasteiger partial charge in [0.25, 0.3) is 0 Å². The van der Waals surface area contributed by atoms with Crippen LogP contribution >= 0.6 is 0 Å². The van der Waals surface area contributed by atoms with Gasteiger partial charge in [0.2, 0.25) is 10.0 Å². The van der Waals surface area contributed by atoms with E-state index in [-0.39, 0.29) is 6.04 Å². The maximum Gasteiger partial charge on any atom is 0.243 e. The molecule has 1 aromatic rings. The Morgan fingerprint density at radius 1 is 1.30 bits per heavy atom. The van der Waals surface area contributed by atoms with Crippen molar-refractivity contribution in [3.05, 3.63) is 23.3 Å². The lowest BCUT2D eigenvalue weighted by Gasteiger charge is -2.30. The number of nitrogens with two attached hydrogens (primary N) is 1. The molecule has 1 aliphatic heterocycles. The molecule has 0 bridgehead atoms. The fraction of sp³-hybridized carbons (Fsp3) is 0.571. The molecule has 0 aromatic heterocycles. The second kappa shape index (κ2) is 5.71. The van der Waals surface area contributed by atoms with E-state index < -0.39 is 10.0 Å². The maximum absolute atomic E-state index is 12.8. The van der Waals surface area contributed by atoms with Gasteiger partial charge in [-0.15, -0.1) is 0 Å². The summed E-state index contributed by atoms with van der Waals surface area (Å²) in [7, 11) is -1.91. The summed E-state index contributed by atoms with van der Waals surface area (Å²) in [6, 6.07) is 3.44. The standard InChI is InChI=1S/C14H22N2O3S/c1-10-7-13(19-3)8-11(2)14(10)20(17,18)16-6-4-5-12(15)9-16/h7-8,12H,4-6,9,15H2,1-3H3. The number of methoxy groups -OCH3 is 1. The molecule has 5 nitrogen and oxygen atoms in total.